The Labute approximate surface area is 158 Å². The average molecular weight is 369 g/mol. The molecule has 1 fully saturated rings. The van der Waals surface area contributed by atoms with Gasteiger partial charge in [0.2, 0.25) is 6.41 Å². The van der Waals surface area contributed by atoms with Crippen LogP contribution < -0.4 is 20.7 Å². The van der Waals surface area contributed by atoms with E-state index in [9.17, 15) is 9.59 Å². The number of rotatable bonds is 9. The predicted molar refractivity (Wildman–Crippen MR) is 105 cm³/mol. The van der Waals surface area contributed by atoms with E-state index in [0.717, 1.165) is 6.42 Å². The van der Waals surface area contributed by atoms with E-state index in [0.29, 0.717) is 54.5 Å². The molecule has 3 N–H and O–H groups in total. The highest BCUT2D eigenvalue weighted by molar-refractivity contribution is 6.10. The van der Waals surface area contributed by atoms with E-state index in [4.69, 9.17) is 9.47 Å². The summed E-state index contributed by atoms with van der Waals surface area (Å²) in [6.07, 6.45) is 1.55. The summed E-state index contributed by atoms with van der Waals surface area (Å²) in [5.41, 5.74) is 2.25. The van der Waals surface area contributed by atoms with Crippen LogP contribution in [0.2, 0.25) is 0 Å². The van der Waals surface area contributed by atoms with E-state index in [1.807, 2.05) is 19.1 Å². The van der Waals surface area contributed by atoms with Gasteiger partial charge in [0.25, 0.3) is 5.91 Å². The first-order valence-electron chi connectivity index (χ1n) is 8.94. The van der Waals surface area contributed by atoms with Gasteiger partial charge in [-0.25, -0.2) is 0 Å². The summed E-state index contributed by atoms with van der Waals surface area (Å²) in [6, 6.07) is 12.4. The molecule has 1 heterocycles. The van der Waals surface area contributed by atoms with Crippen LogP contribution in [0.5, 0.6) is 5.75 Å². The Morgan fingerprint density at radius 1 is 1.26 bits per heavy atom. The Balaban J connectivity index is 1.77. The Hall–Kier alpha value is -3.06. The van der Waals surface area contributed by atoms with Crippen LogP contribution in [0.3, 0.4) is 0 Å². The zero-order valence-corrected chi connectivity index (χ0v) is 15.2. The highest BCUT2D eigenvalue weighted by Gasteiger charge is 2.20. The van der Waals surface area contributed by atoms with Gasteiger partial charge < -0.3 is 25.4 Å². The molecule has 1 aliphatic rings. The molecule has 0 aliphatic carbocycles. The van der Waals surface area contributed by atoms with Gasteiger partial charge in [-0.3, -0.25) is 9.59 Å². The Morgan fingerprint density at radius 3 is 2.78 bits per heavy atom. The molecule has 0 saturated carbocycles. The van der Waals surface area contributed by atoms with Crippen molar-refractivity contribution in [3.8, 4) is 5.75 Å². The van der Waals surface area contributed by atoms with Crippen LogP contribution in [0, 0.1) is 0 Å². The molecular formula is C20H23N3O4. The molecule has 0 atom stereocenters. The van der Waals surface area contributed by atoms with Crippen LogP contribution in [-0.4, -0.2) is 38.2 Å². The number of amides is 2. The summed E-state index contributed by atoms with van der Waals surface area (Å²) in [6.45, 7) is 3.88. The first-order valence-corrected chi connectivity index (χ1v) is 8.94. The normalized spacial score (nSPS) is 13.4. The number of hydrogen-bond donors (Lipinski definition) is 3. The topological polar surface area (TPSA) is 88.7 Å². The summed E-state index contributed by atoms with van der Waals surface area (Å²) in [4.78, 5) is 23.7. The third-order valence-electron chi connectivity index (χ3n) is 4.08. The maximum atomic E-state index is 12.8. The van der Waals surface area contributed by atoms with E-state index < -0.39 is 0 Å². The SMILES string of the molecule is CCCNc1c(NC=O)cccc1C(=O)Nc1cccc(OC2COC2)c1. The van der Waals surface area contributed by atoms with Crippen LogP contribution in [-0.2, 0) is 9.53 Å². The van der Waals surface area contributed by atoms with Gasteiger partial charge in [0.15, 0.2) is 0 Å². The minimum atomic E-state index is -0.271. The molecule has 7 nitrogen and oxygen atoms in total. The molecular weight excluding hydrogens is 346 g/mol. The van der Waals surface area contributed by atoms with Crippen molar-refractivity contribution in [1.82, 2.24) is 0 Å². The fourth-order valence-corrected chi connectivity index (χ4v) is 2.69. The fourth-order valence-electron chi connectivity index (χ4n) is 2.69. The molecule has 0 aromatic heterocycles. The van der Waals surface area contributed by atoms with E-state index in [1.54, 1.807) is 30.3 Å². The maximum Gasteiger partial charge on any atom is 0.257 e. The van der Waals surface area contributed by atoms with E-state index in [2.05, 4.69) is 16.0 Å². The molecule has 2 aromatic carbocycles. The average Bonchev–Trinajstić information content (AvgIpc) is 2.64. The van der Waals surface area contributed by atoms with Crippen molar-refractivity contribution >= 4 is 29.4 Å². The Kier molecular flexibility index (Phi) is 6.27. The third kappa shape index (κ3) is 4.77. The molecule has 142 valence electrons. The lowest BCUT2D eigenvalue weighted by atomic mass is 10.1. The number of ether oxygens (including phenoxy) is 2. The molecule has 1 aliphatic heterocycles. The highest BCUT2D eigenvalue weighted by Crippen LogP contribution is 2.28. The molecule has 3 rings (SSSR count). The van der Waals surface area contributed by atoms with Crippen molar-refractivity contribution in [3.63, 3.8) is 0 Å². The quantitative estimate of drug-likeness (QED) is 0.591. The molecule has 0 unspecified atom stereocenters. The van der Waals surface area contributed by atoms with Crippen molar-refractivity contribution in [2.24, 2.45) is 0 Å². The zero-order chi connectivity index (χ0) is 19.1. The lowest BCUT2D eigenvalue weighted by Gasteiger charge is -2.26. The third-order valence-corrected chi connectivity index (χ3v) is 4.08. The summed E-state index contributed by atoms with van der Waals surface area (Å²) in [5.74, 6) is 0.411. The minimum Gasteiger partial charge on any atom is -0.486 e. The Bertz CT molecular complexity index is 806. The van der Waals surface area contributed by atoms with E-state index in [-0.39, 0.29) is 12.0 Å². The summed E-state index contributed by atoms with van der Waals surface area (Å²) >= 11 is 0. The fraction of sp³-hybridized carbons (Fsp3) is 0.300. The summed E-state index contributed by atoms with van der Waals surface area (Å²) in [5, 5.41) is 8.74. The van der Waals surface area contributed by atoms with Gasteiger partial charge in [-0.15, -0.1) is 0 Å². The lowest BCUT2D eigenvalue weighted by Crippen LogP contribution is -2.38. The number of anilines is 3. The zero-order valence-electron chi connectivity index (χ0n) is 15.2. The van der Waals surface area contributed by atoms with Crippen molar-refractivity contribution in [3.05, 3.63) is 48.0 Å². The monoisotopic (exact) mass is 369 g/mol. The number of para-hydroxylation sites is 1. The van der Waals surface area contributed by atoms with Gasteiger partial charge >= 0.3 is 0 Å². The molecule has 2 amide bonds. The largest absolute Gasteiger partial charge is 0.486 e. The maximum absolute atomic E-state index is 12.8. The number of carbonyl (C=O) groups excluding carboxylic acids is 2. The van der Waals surface area contributed by atoms with Gasteiger partial charge in [-0.2, -0.15) is 0 Å². The van der Waals surface area contributed by atoms with Gasteiger partial charge in [-0.1, -0.05) is 19.1 Å². The molecule has 0 bridgehead atoms. The first kappa shape index (κ1) is 18.7. The van der Waals surface area contributed by atoms with Crippen LogP contribution in [0.4, 0.5) is 17.1 Å². The van der Waals surface area contributed by atoms with Gasteiger partial charge in [-0.05, 0) is 30.7 Å². The molecule has 1 saturated heterocycles. The van der Waals surface area contributed by atoms with Gasteiger partial charge in [0.1, 0.15) is 11.9 Å². The summed E-state index contributed by atoms with van der Waals surface area (Å²) < 4.78 is 10.9. The number of hydrogen-bond acceptors (Lipinski definition) is 5. The van der Waals surface area contributed by atoms with Gasteiger partial charge in [0.05, 0.1) is 30.2 Å². The van der Waals surface area contributed by atoms with Crippen molar-refractivity contribution in [2.45, 2.75) is 19.4 Å². The molecule has 27 heavy (non-hydrogen) atoms. The van der Waals surface area contributed by atoms with Crippen LogP contribution >= 0.6 is 0 Å². The number of nitrogens with one attached hydrogen (secondary N) is 3. The molecule has 7 heteroatoms. The number of benzene rings is 2. The molecule has 2 aromatic rings. The summed E-state index contributed by atoms with van der Waals surface area (Å²) in [7, 11) is 0. The van der Waals surface area contributed by atoms with Crippen LogP contribution in [0.25, 0.3) is 0 Å². The smallest absolute Gasteiger partial charge is 0.257 e. The second kappa shape index (κ2) is 9.05. The second-order valence-electron chi connectivity index (χ2n) is 6.18. The van der Waals surface area contributed by atoms with Crippen molar-refractivity contribution < 1.29 is 19.1 Å². The first-order chi connectivity index (χ1) is 13.2. The highest BCUT2D eigenvalue weighted by atomic mass is 16.6. The lowest BCUT2D eigenvalue weighted by molar-refractivity contribution is -0.105. The van der Waals surface area contributed by atoms with Crippen LogP contribution in [0.1, 0.15) is 23.7 Å². The minimum absolute atomic E-state index is 0.0619. The Morgan fingerprint density at radius 2 is 2.07 bits per heavy atom. The van der Waals surface area contributed by atoms with Crippen molar-refractivity contribution in [1.29, 1.82) is 0 Å². The van der Waals surface area contributed by atoms with E-state index in [1.165, 1.54) is 0 Å². The van der Waals surface area contributed by atoms with Crippen LogP contribution in [0.15, 0.2) is 42.5 Å². The standard InChI is InChI=1S/C20H23N3O4/c1-2-9-21-19-17(7-4-8-18(19)22-13-24)20(25)23-14-5-3-6-15(10-14)27-16-11-26-12-16/h3-8,10,13,16,21H,2,9,11-12H2,1H3,(H,22,24)(H,23,25). The number of carbonyl (C=O) groups is 2. The van der Waals surface area contributed by atoms with Crippen molar-refractivity contribution in [2.75, 3.05) is 35.7 Å². The second-order valence-corrected chi connectivity index (χ2v) is 6.18. The molecule has 0 radical (unpaired) electrons. The predicted octanol–water partition coefficient (Wildman–Crippen LogP) is 3.11. The van der Waals surface area contributed by atoms with E-state index >= 15 is 0 Å². The molecule has 0 spiro atoms. The van der Waals surface area contributed by atoms with Gasteiger partial charge in [0, 0.05) is 18.3 Å².